The maximum atomic E-state index is 11.2. The average Bonchev–Trinajstić information content (AvgIpc) is 2.36. The molecule has 98 valence electrons. The van der Waals surface area contributed by atoms with Gasteiger partial charge in [0.05, 0.1) is 12.5 Å². The number of hydrogen-bond donors (Lipinski definition) is 3. The van der Waals surface area contributed by atoms with Gasteiger partial charge in [-0.2, -0.15) is 0 Å². The van der Waals surface area contributed by atoms with Crippen LogP contribution in [0.3, 0.4) is 0 Å². The molecule has 0 fully saturated rings. The van der Waals surface area contributed by atoms with Gasteiger partial charge in [0.25, 0.3) is 0 Å². The van der Waals surface area contributed by atoms with Crippen LogP contribution in [0.2, 0.25) is 0 Å². The minimum absolute atomic E-state index is 0.0384. The molecule has 1 aromatic carbocycles. The second-order valence-electron chi connectivity index (χ2n) is 3.83. The smallest absolute Gasteiger partial charge is 0.337 e. The third kappa shape index (κ3) is 3.80. The molecule has 5 nitrogen and oxygen atoms in total. The molecule has 0 aromatic heterocycles. The molecule has 6 heteroatoms. The van der Waals surface area contributed by atoms with Crippen LogP contribution in [0.5, 0.6) is 0 Å². The predicted molar refractivity (Wildman–Crippen MR) is 64.4 cm³/mol. The molecule has 0 radical (unpaired) electrons. The fourth-order valence-electron chi connectivity index (χ4n) is 1.56. The van der Waals surface area contributed by atoms with Crippen LogP contribution < -0.4 is 0 Å². The molecule has 0 bridgehead atoms. The molecular formula is C12H13ClO5. The minimum atomic E-state index is -1.68. The lowest BCUT2D eigenvalue weighted by Gasteiger charge is -2.10. The van der Waals surface area contributed by atoms with E-state index in [4.69, 9.17) is 21.8 Å². The summed E-state index contributed by atoms with van der Waals surface area (Å²) >= 11 is 5.39. The van der Waals surface area contributed by atoms with E-state index in [0.717, 1.165) is 0 Å². The van der Waals surface area contributed by atoms with Gasteiger partial charge in [0.2, 0.25) is 0 Å². The topological polar surface area (TPSA) is 94.8 Å². The number of hydrogen-bond acceptors (Lipinski definition) is 4. The van der Waals surface area contributed by atoms with Gasteiger partial charge >= 0.3 is 5.97 Å². The van der Waals surface area contributed by atoms with Gasteiger partial charge in [0.15, 0.2) is 11.9 Å². The first kappa shape index (κ1) is 14.6. The SMILES string of the molecule is O=C(CCl)Cc1cc(CO)cc(C(O)C(=O)O)c1. The molecule has 0 heterocycles. The number of aliphatic hydroxyl groups excluding tert-OH is 2. The Bertz CT molecular complexity index is 458. The highest BCUT2D eigenvalue weighted by molar-refractivity contribution is 6.27. The number of carbonyl (C=O) groups is 2. The predicted octanol–water partition coefficient (Wildman–Crippen LogP) is 0.647. The Morgan fingerprint density at radius 3 is 2.33 bits per heavy atom. The summed E-state index contributed by atoms with van der Waals surface area (Å²) in [6.45, 7) is -0.303. The average molecular weight is 273 g/mol. The van der Waals surface area contributed by atoms with Crippen LogP contribution in [-0.4, -0.2) is 33.0 Å². The Balaban J connectivity index is 3.08. The van der Waals surface area contributed by atoms with Crippen LogP contribution in [-0.2, 0) is 22.6 Å². The molecule has 18 heavy (non-hydrogen) atoms. The van der Waals surface area contributed by atoms with Crippen LogP contribution in [0.1, 0.15) is 22.8 Å². The van der Waals surface area contributed by atoms with Crippen molar-refractivity contribution >= 4 is 23.4 Å². The van der Waals surface area contributed by atoms with E-state index in [1.807, 2.05) is 0 Å². The van der Waals surface area contributed by atoms with Gasteiger partial charge < -0.3 is 15.3 Å². The zero-order valence-corrected chi connectivity index (χ0v) is 10.2. The normalized spacial score (nSPS) is 12.2. The van der Waals surface area contributed by atoms with E-state index < -0.39 is 12.1 Å². The molecule has 3 N–H and O–H groups in total. The molecule has 0 spiro atoms. The Morgan fingerprint density at radius 2 is 1.83 bits per heavy atom. The van der Waals surface area contributed by atoms with Crippen LogP contribution in [0.4, 0.5) is 0 Å². The van der Waals surface area contributed by atoms with Crippen molar-refractivity contribution < 1.29 is 24.9 Å². The third-order valence-electron chi connectivity index (χ3n) is 2.36. The van der Waals surface area contributed by atoms with Crippen molar-refractivity contribution in [3.63, 3.8) is 0 Å². The van der Waals surface area contributed by atoms with Gasteiger partial charge in [-0.15, -0.1) is 11.6 Å². The highest BCUT2D eigenvalue weighted by Crippen LogP contribution is 2.18. The molecule has 1 atom stereocenters. The number of Topliss-reactive ketones (excluding diaryl/α,β-unsaturated/α-hetero) is 1. The van der Waals surface area contributed by atoms with Crippen LogP contribution in [0.15, 0.2) is 18.2 Å². The van der Waals surface area contributed by atoms with Gasteiger partial charge in [-0.05, 0) is 16.7 Å². The third-order valence-corrected chi connectivity index (χ3v) is 2.66. The van der Waals surface area contributed by atoms with Crippen LogP contribution >= 0.6 is 11.6 Å². The van der Waals surface area contributed by atoms with E-state index in [-0.39, 0.29) is 30.3 Å². The van der Waals surface area contributed by atoms with Crippen molar-refractivity contribution in [3.8, 4) is 0 Å². The largest absolute Gasteiger partial charge is 0.479 e. The van der Waals surface area contributed by atoms with Gasteiger partial charge in [-0.1, -0.05) is 18.2 Å². The number of carboxylic acid groups (broad SMARTS) is 1. The number of benzene rings is 1. The van der Waals surface area contributed by atoms with Gasteiger partial charge in [-0.3, -0.25) is 4.79 Å². The zero-order chi connectivity index (χ0) is 13.7. The highest BCUT2D eigenvalue weighted by Gasteiger charge is 2.17. The van der Waals surface area contributed by atoms with E-state index in [0.29, 0.717) is 11.1 Å². The fraction of sp³-hybridized carbons (Fsp3) is 0.333. The summed E-state index contributed by atoms with van der Waals surface area (Å²) in [5, 5.41) is 27.2. The standard InChI is InChI=1S/C12H13ClO5/c13-5-10(15)4-7-1-8(6-14)3-9(2-7)11(16)12(17)18/h1-3,11,14,16H,4-6H2,(H,17,18). The number of ketones is 1. The molecule has 0 aliphatic rings. The number of carboxylic acids is 1. The lowest BCUT2D eigenvalue weighted by Crippen LogP contribution is -2.12. The van der Waals surface area contributed by atoms with Crippen molar-refractivity contribution in [2.45, 2.75) is 19.1 Å². The van der Waals surface area contributed by atoms with Crippen molar-refractivity contribution in [2.24, 2.45) is 0 Å². The minimum Gasteiger partial charge on any atom is -0.479 e. The van der Waals surface area contributed by atoms with Crippen molar-refractivity contribution in [1.82, 2.24) is 0 Å². The van der Waals surface area contributed by atoms with E-state index >= 15 is 0 Å². The lowest BCUT2D eigenvalue weighted by molar-refractivity contribution is -0.146. The summed E-state index contributed by atoms with van der Waals surface area (Å²) in [7, 11) is 0. The van der Waals surface area contributed by atoms with Gasteiger partial charge in [0.1, 0.15) is 0 Å². The summed E-state index contributed by atoms with van der Waals surface area (Å²) < 4.78 is 0. The molecule has 1 unspecified atom stereocenters. The van der Waals surface area contributed by atoms with Gasteiger partial charge in [0, 0.05) is 6.42 Å². The summed E-state index contributed by atoms with van der Waals surface area (Å²) in [4.78, 5) is 21.9. The Kier molecular flexibility index (Phi) is 5.27. The Labute approximate surface area is 109 Å². The second-order valence-corrected chi connectivity index (χ2v) is 4.10. The van der Waals surface area contributed by atoms with Gasteiger partial charge in [-0.25, -0.2) is 4.79 Å². The van der Waals surface area contributed by atoms with Crippen molar-refractivity contribution in [2.75, 3.05) is 5.88 Å². The monoisotopic (exact) mass is 272 g/mol. The Hall–Kier alpha value is -1.43. The summed E-state index contributed by atoms with van der Waals surface area (Å²) in [6.07, 6.45) is -1.64. The quantitative estimate of drug-likeness (QED) is 0.661. The molecule has 0 aliphatic heterocycles. The maximum absolute atomic E-state index is 11.2. The fourth-order valence-corrected chi connectivity index (χ4v) is 1.65. The lowest BCUT2D eigenvalue weighted by atomic mass is 9.99. The zero-order valence-electron chi connectivity index (χ0n) is 9.47. The van der Waals surface area contributed by atoms with Crippen LogP contribution in [0.25, 0.3) is 0 Å². The Morgan fingerprint density at radius 1 is 1.22 bits per heavy atom. The van der Waals surface area contributed by atoms with Crippen molar-refractivity contribution in [3.05, 3.63) is 34.9 Å². The number of halogens is 1. The van der Waals surface area contributed by atoms with E-state index in [2.05, 4.69) is 0 Å². The number of carbonyl (C=O) groups excluding carboxylic acids is 1. The summed E-state index contributed by atoms with van der Waals surface area (Å²) in [5.41, 5.74) is 1.08. The molecule has 0 saturated carbocycles. The molecule has 0 amide bonds. The second kappa shape index (κ2) is 6.49. The summed E-state index contributed by atoms with van der Waals surface area (Å²) in [5.74, 6) is -1.75. The molecule has 0 aliphatic carbocycles. The van der Waals surface area contributed by atoms with E-state index in [1.165, 1.54) is 12.1 Å². The number of aliphatic hydroxyl groups is 2. The highest BCUT2D eigenvalue weighted by atomic mass is 35.5. The number of rotatable bonds is 6. The van der Waals surface area contributed by atoms with Crippen molar-refractivity contribution in [1.29, 1.82) is 0 Å². The van der Waals surface area contributed by atoms with Crippen LogP contribution in [0, 0.1) is 0 Å². The first-order valence-electron chi connectivity index (χ1n) is 5.20. The number of alkyl halides is 1. The van der Waals surface area contributed by atoms with E-state index in [9.17, 15) is 14.7 Å². The molecule has 1 rings (SSSR count). The first-order chi connectivity index (χ1) is 8.47. The van der Waals surface area contributed by atoms with E-state index in [1.54, 1.807) is 6.07 Å². The molecule has 1 aromatic rings. The summed E-state index contributed by atoms with van der Waals surface area (Å²) in [6, 6.07) is 4.37. The molecule has 0 saturated heterocycles. The molecular weight excluding hydrogens is 260 g/mol. The maximum Gasteiger partial charge on any atom is 0.337 e. The number of aliphatic carboxylic acids is 1. The first-order valence-corrected chi connectivity index (χ1v) is 5.73.